The van der Waals surface area contributed by atoms with E-state index in [0.717, 1.165) is 0 Å². The molecule has 13 heavy (non-hydrogen) atoms. The number of ether oxygens (including phenoxy) is 1. The summed E-state index contributed by atoms with van der Waals surface area (Å²) in [6.07, 6.45) is 6.52. The number of nitrogens with one attached hydrogen (secondary N) is 1. The smallest absolute Gasteiger partial charge is 0.313 e. The third-order valence-corrected chi connectivity index (χ3v) is 1.50. The van der Waals surface area contributed by atoms with Gasteiger partial charge in [0, 0.05) is 6.54 Å². The number of rotatable bonds is 2. The summed E-state index contributed by atoms with van der Waals surface area (Å²) in [5.41, 5.74) is 0. The molecule has 72 valence electrons. The fourth-order valence-corrected chi connectivity index (χ4v) is 0.893. The van der Waals surface area contributed by atoms with Crippen molar-refractivity contribution >= 4 is 24.7 Å². The molecule has 0 bridgehead atoms. The Balaban J connectivity index is 0.00000144. The lowest BCUT2D eigenvalue weighted by molar-refractivity contribution is -0.146. The second-order valence-corrected chi connectivity index (χ2v) is 2.41. The zero-order valence-corrected chi connectivity index (χ0v) is 7.84. The van der Waals surface area contributed by atoms with Crippen LogP contribution >= 0.6 is 12.4 Å². The average molecular weight is 203 g/mol. The highest BCUT2D eigenvalue weighted by Crippen LogP contribution is 2.01. The van der Waals surface area contributed by atoms with E-state index in [0.29, 0.717) is 13.1 Å². The number of hydrogen-bond donors (Lipinski definition) is 1. The van der Waals surface area contributed by atoms with Crippen LogP contribution in [-0.2, 0) is 9.53 Å². The monoisotopic (exact) mass is 202 g/mol. The highest BCUT2D eigenvalue weighted by atomic mass is 35.5. The Bertz CT molecular complexity index is 235. The van der Waals surface area contributed by atoms with Crippen molar-refractivity contribution in [1.82, 2.24) is 5.32 Å². The van der Waals surface area contributed by atoms with E-state index >= 15 is 0 Å². The molecule has 1 unspecified atom stereocenters. The van der Waals surface area contributed by atoms with Gasteiger partial charge in [0.25, 0.3) is 0 Å². The van der Waals surface area contributed by atoms with E-state index in [1.54, 1.807) is 6.34 Å². The molecule has 1 N–H and O–H groups in total. The van der Waals surface area contributed by atoms with Gasteiger partial charge in [0.1, 0.15) is 0 Å². The summed E-state index contributed by atoms with van der Waals surface area (Å²) in [4.78, 5) is 15.0. The van der Waals surface area contributed by atoms with Crippen LogP contribution in [0.3, 0.4) is 0 Å². The lowest BCUT2D eigenvalue weighted by atomic mass is 10.1. The van der Waals surface area contributed by atoms with E-state index in [2.05, 4.69) is 16.2 Å². The molecule has 0 radical (unpaired) electrons. The summed E-state index contributed by atoms with van der Waals surface area (Å²) in [5.74, 6) is 1.76. The number of halogens is 1. The van der Waals surface area contributed by atoms with Crippen LogP contribution in [0.4, 0.5) is 0 Å². The molecule has 1 rings (SSSR count). The predicted octanol–water partition coefficient (Wildman–Crippen LogP) is -0.168. The van der Waals surface area contributed by atoms with Crippen molar-refractivity contribution in [3.63, 3.8) is 0 Å². The molecule has 0 saturated carbocycles. The maximum Gasteiger partial charge on any atom is 0.313 e. The second-order valence-electron chi connectivity index (χ2n) is 2.41. The van der Waals surface area contributed by atoms with Crippen molar-refractivity contribution in [1.29, 1.82) is 0 Å². The summed E-state index contributed by atoms with van der Waals surface area (Å²) in [6.45, 7) is 1.10. The molecular weight excluding hydrogens is 192 g/mol. The van der Waals surface area contributed by atoms with E-state index in [9.17, 15) is 4.79 Å². The normalized spacial score (nSPS) is 19.2. The van der Waals surface area contributed by atoms with Crippen molar-refractivity contribution in [2.75, 3.05) is 19.7 Å². The number of hydrogen-bond acceptors (Lipinski definition) is 4. The number of carbonyl (C=O) groups excluding carboxylic acids is 1. The number of aliphatic imine (C=N–C) groups is 1. The molecule has 0 fully saturated rings. The van der Waals surface area contributed by atoms with E-state index in [-0.39, 0.29) is 30.9 Å². The molecule has 0 spiro atoms. The van der Waals surface area contributed by atoms with E-state index in [1.165, 1.54) is 0 Å². The summed E-state index contributed by atoms with van der Waals surface area (Å²) < 4.78 is 4.74. The molecule has 0 aliphatic carbocycles. The number of carbonyl (C=O) groups is 1. The fraction of sp³-hybridized carbons (Fsp3) is 0.500. The van der Waals surface area contributed by atoms with Gasteiger partial charge in [0.05, 0.1) is 18.8 Å². The van der Waals surface area contributed by atoms with Crippen molar-refractivity contribution in [3.05, 3.63) is 0 Å². The van der Waals surface area contributed by atoms with Gasteiger partial charge in [-0.15, -0.1) is 18.8 Å². The van der Waals surface area contributed by atoms with E-state index < -0.39 is 0 Å². The van der Waals surface area contributed by atoms with Gasteiger partial charge in [-0.1, -0.05) is 5.92 Å². The Morgan fingerprint density at radius 2 is 2.62 bits per heavy atom. The zero-order valence-electron chi connectivity index (χ0n) is 7.03. The molecule has 1 heterocycles. The largest absolute Gasteiger partial charge is 0.452 e. The van der Waals surface area contributed by atoms with Crippen LogP contribution in [0, 0.1) is 18.3 Å². The zero-order chi connectivity index (χ0) is 8.81. The maximum absolute atomic E-state index is 11.1. The molecule has 0 amide bonds. The quantitative estimate of drug-likeness (QED) is 0.500. The van der Waals surface area contributed by atoms with Crippen molar-refractivity contribution in [2.24, 2.45) is 10.9 Å². The Labute approximate surface area is 83.2 Å². The summed E-state index contributed by atoms with van der Waals surface area (Å²) in [6, 6.07) is 0. The standard InChI is InChI=1S/C8H10N2O2.ClH/c1-2-3-12-8(11)7-4-9-6-10-5-7;/h1,6-7H,3-5H2,(H,9,10);1H. The molecule has 0 saturated heterocycles. The third kappa shape index (κ3) is 3.81. The Morgan fingerprint density at radius 3 is 3.15 bits per heavy atom. The highest BCUT2D eigenvalue weighted by molar-refractivity contribution is 5.85. The van der Waals surface area contributed by atoms with Crippen LogP contribution in [-0.4, -0.2) is 32.0 Å². The minimum absolute atomic E-state index is 0. The first-order valence-corrected chi connectivity index (χ1v) is 3.66. The lowest BCUT2D eigenvalue weighted by Gasteiger charge is -2.15. The fourth-order valence-electron chi connectivity index (χ4n) is 0.893. The predicted molar refractivity (Wildman–Crippen MR) is 51.9 cm³/mol. The van der Waals surface area contributed by atoms with Crippen LogP contribution in [0.5, 0.6) is 0 Å². The molecular formula is C8H11ClN2O2. The van der Waals surface area contributed by atoms with Gasteiger partial charge in [-0.3, -0.25) is 9.79 Å². The second kappa shape index (κ2) is 6.32. The first-order chi connectivity index (χ1) is 5.84. The topological polar surface area (TPSA) is 50.7 Å². The summed E-state index contributed by atoms with van der Waals surface area (Å²) in [7, 11) is 0. The number of terminal acetylenes is 1. The molecule has 0 aromatic carbocycles. The molecule has 1 aliphatic rings. The highest BCUT2D eigenvalue weighted by Gasteiger charge is 2.20. The Kier molecular flexibility index (Phi) is 5.73. The molecule has 1 aliphatic heterocycles. The first kappa shape index (κ1) is 11.8. The van der Waals surface area contributed by atoms with Crippen LogP contribution in [0.1, 0.15) is 0 Å². The van der Waals surface area contributed by atoms with Crippen molar-refractivity contribution in [2.45, 2.75) is 0 Å². The molecule has 4 nitrogen and oxygen atoms in total. The van der Waals surface area contributed by atoms with E-state index in [4.69, 9.17) is 11.2 Å². The minimum atomic E-state index is -0.280. The van der Waals surface area contributed by atoms with Crippen molar-refractivity contribution < 1.29 is 9.53 Å². The van der Waals surface area contributed by atoms with Gasteiger partial charge in [0.15, 0.2) is 6.61 Å². The Morgan fingerprint density at radius 1 is 1.85 bits per heavy atom. The molecule has 5 heteroatoms. The molecule has 0 aromatic rings. The van der Waals surface area contributed by atoms with E-state index in [1.807, 2.05) is 0 Å². The van der Waals surface area contributed by atoms with Gasteiger partial charge in [-0.2, -0.15) is 0 Å². The summed E-state index contributed by atoms with van der Waals surface area (Å²) in [5, 5.41) is 2.85. The number of esters is 1. The SMILES string of the molecule is C#CCOC(=O)C1CN=CNC1.Cl. The van der Waals surface area contributed by atoms with Gasteiger partial charge in [-0.25, -0.2) is 0 Å². The average Bonchev–Trinajstić information content (AvgIpc) is 2.15. The minimum Gasteiger partial charge on any atom is -0.452 e. The summed E-state index contributed by atoms with van der Waals surface area (Å²) >= 11 is 0. The maximum atomic E-state index is 11.1. The van der Waals surface area contributed by atoms with Gasteiger partial charge >= 0.3 is 5.97 Å². The van der Waals surface area contributed by atoms with Gasteiger partial charge in [0.2, 0.25) is 0 Å². The van der Waals surface area contributed by atoms with Gasteiger partial charge < -0.3 is 10.1 Å². The third-order valence-electron chi connectivity index (χ3n) is 1.50. The van der Waals surface area contributed by atoms with Crippen LogP contribution in [0.15, 0.2) is 4.99 Å². The number of nitrogens with zero attached hydrogens (tertiary/aromatic N) is 1. The Hall–Kier alpha value is -1.21. The molecule has 0 aromatic heterocycles. The van der Waals surface area contributed by atoms with Crippen LogP contribution in [0.2, 0.25) is 0 Å². The van der Waals surface area contributed by atoms with Crippen LogP contribution < -0.4 is 5.32 Å². The molecule has 1 atom stereocenters. The lowest BCUT2D eigenvalue weighted by Crippen LogP contribution is -2.35. The van der Waals surface area contributed by atoms with Crippen LogP contribution in [0.25, 0.3) is 0 Å². The van der Waals surface area contributed by atoms with Crippen molar-refractivity contribution in [3.8, 4) is 12.3 Å². The van der Waals surface area contributed by atoms with Gasteiger partial charge in [-0.05, 0) is 0 Å². The first-order valence-electron chi connectivity index (χ1n) is 3.66.